The highest BCUT2D eigenvalue weighted by molar-refractivity contribution is 7.91. The summed E-state index contributed by atoms with van der Waals surface area (Å²) in [7, 11) is -1.07. The Kier molecular flexibility index (Phi) is 5.95. The standard InChI is InChI=1S/C19H30N4O3S/c1-19(2)14-16(15-6-4-5-7-17(15)26-19)22-18(20-3)21-8-9-23-10-12-27(24,25)13-11-23/h4-7,16H,8-14H2,1-3H3,(H2,20,21,22). The number of benzene rings is 1. The number of para-hydroxylation sites is 1. The number of rotatable bonds is 4. The van der Waals surface area contributed by atoms with Gasteiger partial charge in [0.2, 0.25) is 0 Å². The highest BCUT2D eigenvalue weighted by atomic mass is 32.2. The van der Waals surface area contributed by atoms with E-state index in [1.165, 1.54) is 0 Å². The third-order valence-electron chi connectivity index (χ3n) is 5.07. The van der Waals surface area contributed by atoms with Gasteiger partial charge in [-0.1, -0.05) is 18.2 Å². The first-order chi connectivity index (χ1) is 12.8. The lowest BCUT2D eigenvalue weighted by atomic mass is 9.90. The van der Waals surface area contributed by atoms with E-state index in [-0.39, 0.29) is 23.1 Å². The molecule has 2 aliphatic rings. The van der Waals surface area contributed by atoms with E-state index in [1.54, 1.807) is 7.05 Å². The summed E-state index contributed by atoms with van der Waals surface area (Å²) >= 11 is 0. The lowest BCUT2D eigenvalue weighted by Gasteiger charge is -2.38. The largest absolute Gasteiger partial charge is 0.487 e. The third kappa shape index (κ3) is 5.35. The SMILES string of the molecule is CN=C(NCCN1CCS(=O)(=O)CC1)NC1CC(C)(C)Oc2ccccc21. The van der Waals surface area contributed by atoms with Crippen LogP contribution in [-0.4, -0.2) is 69.6 Å². The van der Waals surface area contributed by atoms with Gasteiger partial charge in [0.05, 0.1) is 17.5 Å². The molecule has 1 saturated heterocycles. The minimum atomic E-state index is -2.83. The fourth-order valence-electron chi connectivity index (χ4n) is 3.60. The first-order valence-electron chi connectivity index (χ1n) is 9.46. The predicted molar refractivity (Wildman–Crippen MR) is 108 cm³/mol. The number of sulfone groups is 1. The maximum atomic E-state index is 11.5. The van der Waals surface area contributed by atoms with Crippen LogP contribution in [0.1, 0.15) is 31.9 Å². The molecule has 2 aliphatic heterocycles. The van der Waals surface area contributed by atoms with Gasteiger partial charge >= 0.3 is 0 Å². The summed E-state index contributed by atoms with van der Waals surface area (Å²) in [5.41, 5.74) is 0.894. The van der Waals surface area contributed by atoms with Gasteiger partial charge in [0, 0.05) is 45.2 Å². The topological polar surface area (TPSA) is 83.0 Å². The van der Waals surface area contributed by atoms with Crippen molar-refractivity contribution in [2.75, 3.05) is 44.7 Å². The molecule has 0 saturated carbocycles. The van der Waals surface area contributed by atoms with E-state index in [4.69, 9.17) is 4.74 Å². The van der Waals surface area contributed by atoms with Crippen molar-refractivity contribution in [1.82, 2.24) is 15.5 Å². The molecular formula is C19H30N4O3S. The third-order valence-corrected chi connectivity index (χ3v) is 6.68. The molecule has 150 valence electrons. The number of hydrogen-bond acceptors (Lipinski definition) is 5. The van der Waals surface area contributed by atoms with Crippen LogP contribution < -0.4 is 15.4 Å². The molecule has 1 fully saturated rings. The Morgan fingerprint density at radius 1 is 1.30 bits per heavy atom. The van der Waals surface area contributed by atoms with Gasteiger partial charge in [0.25, 0.3) is 0 Å². The van der Waals surface area contributed by atoms with Crippen molar-refractivity contribution in [1.29, 1.82) is 0 Å². The molecule has 0 amide bonds. The Labute approximate surface area is 162 Å². The lowest BCUT2D eigenvalue weighted by molar-refractivity contribution is 0.0694. The Balaban J connectivity index is 1.55. The van der Waals surface area contributed by atoms with Crippen LogP contribution in [0.2, 0.25) is 0 Å². The van der Waals surface area contributed by atoms with Crippen LogP contribution in [0.15, 0.2) is 29.3 Å². The van der Waals surface area contributed by atoms with E-state index in [2.05, 4.69) is 40.4 Å². The summed E-state index contributed by atoms with van der Waals surface area (Å²) in [6.45, 7) is 6.92. The normalized spacial score (nSPS) is 24.6. The van der Waals surface area contributed by atoms with Gasteiger partial charge in [0.1, 0.15) is 11.4 Å². The number of ether oxygens (including phenoxy) is 1. The first kappa shape index (κ1) is 19.9. The van der Waals surface area contributed by atoms with E-state index in [9.17, 15) is 8.42 Å². The van der Waals surface area contributed by atoms with Gasteiger partial charge in [0.15, 0.2) is 15.8 Å². The van der Waals surface area contributed by atoms with E-state index in [1.807, 2.05) is 18.2 Å². The molecule has 0 aromatic heterocycles. The predicted octanol–water partition coefficient (Wildman–Crippen LogP) is 1.18. The second kappa shape index (κ2) is 8.06. The second-order valence-electron chi connectivity index (χ2n) is 7.79. The zero-order chi connectivity index (χ0) is 19.5. The summed E-state index contributed by atoms with van der Waals surface area (Å²) in [6, 6.07) is 8.23. The van der Waals surface area contributed by atoms with Crippen LogP contribution in [0, 0.1) is 0 Å². The maximum Gasteiger partial charge on any atom is 0.191 e. The van der Waals surface area contributed by atoms with E-state index < -0.39 is 9.84 Å². The first-order valence-corrected chi connectivity index (χ1v) is 11.3. The summed E-state index contributed by atoms with van der Waals surface area (Å²) < 4.78 is 29.1. The summed E-state index contributed by atoms with van der Waals surface area (Å²) in [5, 5.41) is 6.86. The van der Waals surface area contributed by atoms with E-state index >= 15 is 0 Å². The monoisotopic (exact) mass is 394 g/mol. The molecular weight excluding hydrogens is 364 g/mol. The molecule has 0 aliphatic carbocycles. The van der Waals surface area contributed by atoms with Gasteiger partial charge in [-0.2, -0.15) is 0 Å². The van der Waals surface area contributed by atoms with Crippen LogP contribution in [0.3, 0.4) is 0 Å². The molecule has 27 heavy (non-hydrogen) atoms. The van der Waals surface area contributed by atoms with Crippen LogP contribution in [0.25, 0.3) is 0 Å². The molecule has 2 N–H and O–H groups in total. The molecule has 7 nitrogen and oxygen atoms in total. The van der Waals surface area contributed by atoms with Crippen molar-refractivity contribution in [2.45, 2.75) is 31.9 Å². The zero-order valence-corrected chi connectivity index (χ0v) is 17.2. The van der Waals surface area contributed by atoms with Crippen LogP contribution in [-0.2, 0) is 9.84 Å². The molecule has 8 heteroatoms. The molecule has 0 radical (unpaired) electrons. The fourth-order valence-corrected chi connectivity index (χ4v) is 4.87. The fraction of sp³-hybridized carbons (Fsp3) is 0.632. The average molecular weight is 395 g/mol. The minimum Gasteiger partial charge on any atom is -0.487 e. The highest BCUT2D eigenvalue weighted by Crippen LogP contribution is 2.39. The number of nitrogens with zero attached hydrogens (tertiary/aromatic N) is 2. The number of aliphatic imine (C=N–C) groups is 1. The van der Waals surface area contributed by atoms with Crippen LogP contribution in [0.5, 0.6) is 5.75 Å². The van der Waals surface area contributed by atoms with E-state index in [0.29, 0.717) is 19.6 Å². The van der Waals surface area contributed by atoms with Gasteiger partial charge in [-0.05, 0) is 19.9 Å². The van der Waals surface area contributed by atoms with Crippen LogP contribution >= 0.6 is 0 Å². The lowest BCUT2D eigenvalue weighted by Crippen LogP contribution is -2.48. The maximum absolute atomic E-state index is 11.5. The number of nitrogens with one attached hydrogen (secondary N) is 2. The number of guanidine groups is 1. The van der Waals surface area contributed by atoms with Crippen molar-refractivity contribution in [2.24, 2.45) is 4.99 Å². The van der Waals surface area contributed by atoms with Crippen molar-refractivity contribution in [3.8, 4) is 5.75 Å². The average Bonchev–Trinajstić information content (AvgIpc) is 2.61. The zero-order valence-electron chi connectivity index (χ0n) is 16.4. The summed E-state index contributed by atoms with van der Waals surface area (Å²) in [6.07, 6.45) is 0.842. The number of fused-ring (bicyclic) bond motifs is 1. The molecule has 3 rings (SSSR count). The Hall–Kier alpha value is -1.80. The van der Waals surface area contributed by atoms with Gasteiger partial charge in [-0.25, -0.2) is 8.42 Å². The summed E-state index contributed by atoms with van der Waals surface area (Å²) in [4.78, 5) is 6.52. The van der Waals surface area contributed by atoms with E-state index in [0.717, 1.165) is 30.2 Å². The Bertz CT molecular complexity index is 778. The quantitative estimate of drug-likeness (QED) is 0.590. The van der Waals surface area contributed by atoms with Crippen molar-refractivity contribution < 1.29 is 13.2 Å². The highest BCUT2D eigenvalue weighted by Gasteiger charge is 2.34. The van der Waals surface area contributed by atoms with Crippen molar-refractivity contribution in [3.05, 3.63) is 29.8 Å². The molecule has 1 aromatic rings. The van der Waals surface area contributed by atoms with Crippen molar-refractivity contribution >= 4 is 15.8 Å². The molecule has 1 atom stereocenters. The smallest absolute Gasteiger partial charge is 0.191 e. The molecule has 0 spiro atoms. The molecule has 0 bridgehead atoms. The molecule has 2 heterocycles. The molecule has 1 aromatic carbocycles. The minimum absolute atomic E-state index is 0.122. The second-order valence-corrected chi connectivity index (χ2v) is 10.1. The van der Waals surface area contributed by atoms with Crippen molar-refractivity contribution in [3.63, 3.8) is 0 Å². The van der Waals surface area contributed by atoms with Gasteiger partial charge in [-0.15, -0.1) is 0 Å². The Morgan fingerprint density at radius 2 is 2.00 bits per heavy atom. The molecule has 1 unspecified atom stereocenters. The van der Waals surface area contributed by atoms with Gasteiger partial charge in [-0.3, -0.25) is 9.89 Å². The van der Waals surface area contributed by atoms with Gasteiger partial charge < -0.3 is 15.4 Å². The van der Waals surface area contributed by atoms with Crippen LogP contribution in [0.4, 0.5) is 0 Å². The number of hydrogen-bond donors (Lipinski definition) is 2. The summed E-state index contributed by atoms with van der Waals surface area (Å²) in [5.74, 6) is 2.18. The Morgan fingerprint density at radius 3 is 2.70 bits per heavy atom.